The van der Waals surface area contributed by atoms with Gasteiger partial charge in [0.25, 0.3) is 0 Å². The minimum Gasteiger partial charge on any atom is -0.457 e. The summed E-state index contributed by atoms with van der Waals surface area (Å²) in [7, 11) is 2.07. The molecule has 0 atom stereocenters. The van der Waals surface area contributed by atoms with Gasteiger partial charge < -0.3 is 9.30 Å². The number of nitriles is 1. The van der Waals surface area contributed by atoms with Crippen molar-refractivity contribution in [3.63, 3.8) is 0 Å². The molecule has 7 aromatic rings. The zero-order valence-electron chi connectivity index (χ0n) is 23.3. The molecule has 6 heteroatoms. The molecule has 0 spiro atoms. The fourth-order valence-electron chi connectivity index (χ4n) is 5.76. The van der Waals surface area contributed by atoms with E-state index in [1.165, 1.54) is 16.6 Å². The van der Waals surface area contributed by atoms with Crippen molar-refractivity contribution >= 4 is 32.7 Å². The van der Waals surface area contributed by atoms with Gasteiger partial charge in [0.2, 0.25) is 0 Å². The van der Waals surface area contributed by atoms with E-state index in [9.17, 15) is 5.26 Å². The SMILES string of the molecule is Cc1ccnc(-n2c3ccccc3c3c(C#N)cc(Oc4cccc(-c5cc6c(C)c(C)n(C)c6cn5)c4)cc32)c1. The predicted octanol–water partition coefficient (Wildman–Crippen LogP) is 8.32. The van der Waals surface area contributed by atoms with Gasteiger partial charge in [-0.3, -0.25) is 9.55 Å². The Morgan fingerprint density at radius 3 is 2.46 bits per heavy atom. The second kappa shape index (κ2) is 9.35. The topological polar surface area (TPSA) is 68.7 Å². The quantitative estimate of drug-likeness (QED) is 0.228. The number of hydrogen-bond acceptors (Lipinski definition) is 4. The Hall–Kier alpha value is -5.41. The fraction of sp³-hybridized carbons (Fsp3) is 0.114. The second-order valence-electron chi connectivity index (χ2n) is 10.5. The van der Waals surface area contributed by atoms with Crippen molar-refractivity contribution in [2.45, 2.75) is 20.8 Å². The third kappa shape index (κ3) is 3.94. The van der Waals surface area contributed by atoms with Crippen molar-refractivity contribution in [1.29, 1.82) is 5.26 Å². The molecular weight excluding hydrogens is 506 g/mol. The van der Waals surface area contributed by atoms with Gasteiger partial charge in [0.05, 0.1) is 40.1 Å². The lowest BCUT2D eigenvalue weighted by atomic mass is 10.1. The lowest BCUT2D eigenvalue weighted by Crippen LogP contribution is -1.98. The zero-order valence-corrected chi connectivity index (χ0v) is 23.3. The average Bonchev–Trinajstić information content (AvgIpc) is 3.43. The summed E-state index contributed by atoms with van der Waals surface area (Å²) < 4.78 is 10.7. The Morgan fingerprint density at radius 2 is 1.63 bits per heavy atom. The van der Waals surface area contributed by atoms with Crippen LogP contribution in [0.3, 0.4) is 0 Å². The second-order valence-corrected chi connectivity index (χ2v) is 10.5. The highest BCUT2D eigenvalue weighted by molar-refractivity contribution is 6.12. The van der Waals surface area contributed by atoms with E-state index >= 15 is 0 Å². The number of benzene rings is 3. The van der Waals surface area contributed by atoms with Crippen LogP contribution in [0.1, 0.15) is 22.4 Å². The summed E-state index contributed by atoms with van der Waals surface area (Å²) in [6.45, 7) is 6.33. The molecule has 198 valence electrons. The summed E-state index contributed by atoms with van der Waals surface area (Å²) in [6.07, 6.45) is 3.75. The van der Waals surface area contributed by atoms with E-state index in [1.54, 1.807) is 0 Å². The molecule has 4 aromatic heterocycles. The van der Waals surface area contributed by atoms with Crippen LogP contribution in [0.15, 0.2) is 91.3 Å². The molecule has 6 nitrogen and oxygen atoms in total. The molecule has 4 heterocycles. The highest BCUT2D eigenvalue weighted by Gasteiger charge is 2.18. The molecule has 0 aliphatic heterocycles. The van der Waals surface area contributed by atoms with Crippen molar-refractivity contribution in [3.05, 3.63) is 114 Å². The van der Waals surface area contributed by atoms with E-state index in [0.29, 0.717) is 17.1 Å². The molecule has 0 aliphatic carbocycles. The van der Waals surface area contributed by atoms with Crippen molar-refractivity contribution in [1.82, 2.24) is 19.1 Å². The van der Waals surface area contributed by atoms with Crippen LogP contribution in [-0.2, 0) is 7.05 Å². The maximum atomic E-state index is 10.2. The van der Waals surface area contributed by atoms with E-state index in [0.717, 1.165) is 50.0 Å². The first-order valence-corrected chi connectivity index (χ1v) is 13.5. The first-order valence-electron chi connectivity index (χ1n) is 13.5. The molecule has 0 radical (unpaired) electrons. The van der Waals surface area contributed by atoms with Crippen LogP contribution in [0.25, 0.3) is 49.8 Å². The first-order chi connectivity index (χ1) is 19.9. The molecule has 0 saturated carbocycles. The predicted molar refractivity (Wildman–Crippen MR) is 164 cm³/mol. The van der Waals surface area contributed by atoms with Gasteiger partial charge in [-0.25, -0.2) is 4.98 Å². The smallest absolute Gasteiger partial charge is 0.137 e. The van der Waals surface area contributed by atoms with Gasteiger partial charge in [0.15, 0.2) is 0 Å². The lowest BCUT2D eigenvalue weighted by molar-refractivity contribution is 0.483. The third-order valence-corrected chi connectivity index (χ3v) is 8.06. The van der Waals surface area contributed by atoms with Gasteiger partial charge in [0.1, 0.15) is 17.3 Å². The van der Waals surface area contributed by atoms with Crippen LogP contribution in [0, 0.1) is 32.1 Å². The normalized spacial score (nSPS) is 11.4. The summed E-state index contributed by atoms with van der Waals surface area (Å²) in [5, 5.41) is 13.3. The van der Waals surface area contributed by atoms with Crippen molar-refractivity contribution in [2.75, 3.05) is 0 Å². The van der Waals surface area contributed by atoms with E-state index in [-0.39, 0.29) is 0 Å². The van der Waals surface area contributed by atoms with Crippen molar-refractivity contribution in [2.24, 2.45) is 7.05 Å². The molecule has 0 amide bonds. The van der Waals surface area contributed by atoms with Crippen molar-refractivity contribution in [3.8, 4) is 34.6 Å². The number of pyridine rings is 2. The van der Waals surface area contributed by atoms with Gasteiger partial charge in [-0.15, -0.1) is 0 Å². The minimum absolute atomic E-state index is 0.554. The highest BCUT2D eigenvalue weighted by Crippen LogP contribution is 2.38. The van der Waals surface area contributed by atoms with E-state index in [4.69, 9.17) is 9.72 Å². The van der Waals surface area contributed by atoms with Crippen LogP contribution in [-0.4, -0.2) is 19.1 Å². The Labute approximate surface area is 237 Å². The number of aryl methyl sites for hydroxylation is 3. The molecule has 41 heavy (non-hydrogen) atoms. The Kier molecular flexibility index (Phi) is 5.62. The van der Waals surface area contributed by atoms with Gasteiger partial charge in [-0.2, -0.15) is 5.26 Å². The maximum absolute atomic E-state index is 10.2. The molecule has 3 aromatic carbocycles. The van der Waals surface area contributed by atoms with Gasteiger partial charge >= 0.3 is 0 Å². The molecule has 0 unspecified atom stereocenters. The number of para-hydroxylation sites is 1. The molecule has 0 aliphatic rings. The zero-order chi connectivity index (χ0) is 28.2. The van der Waals surface area contributed by atoms with Gasteiger partial charge in [-0.1, -0.05) is 30.3 Å². The third-order valence-electron chi connectivity index (χ3n) is 8.06. The number of aromatic nitrogens is 4. The fourth-order valence-corrected chi connectivity index (χ4v) is 5.76. The minimum atomic E-state index is 0.554. The largest absolute Gasteiger partial charge is 0.457 e. The molecule has 0 saturated heterocycles. The van der Waals surface area contributed by atoms with E-state index < -0.39 is 0 Å². The molecular formula is C35H27N5O. The van der Waals surface area contributed by atoms with Gasteiger partial charge in [0, 0.05) is 46.7 Å². The lowest BCUT2D eigenvalue weighted by Gasteiger charge is -2.11. The van der Waals surface area contributed by atoms with Crippen LogP contribution in [0.2, 0.25) is 0 Å². The number of fused-ring (bicyclic) bond motifs is 4. The van der Waals surface area contributed by atoms with Crippen molar-refractivity contribution < 1.29 is 4.74 Å². The Bertz CT molecular complexity index is 2200. The summed E-state index contributed by atoms with van der Waals surface area (Å²) in [6, 6.07) is 28.4. The highest BCUT2D eigenvalue weighted by atomic mass is 16.5. The number of nitrogens with zero attached hydrogens (tertiary/aromatic N) is 5. The monoisotopic (exact) mass is 533 g/mol. The summed E-state index contributed by atoms with van der Waals surface area (Å²) >= 11 is 0. The number of rotatable bonds is 4. The molecule has 7 rings (SSSR count). The first kappa shape index (κ1) is 24.6. The Balaban J connectivity index is 1.35. The van der Waals surface area contributed by atoms with Crippen LogP contribution < -0.4 is 4.74 Å². The molecule has 0 N–H and O–H groups in total. The number of ether oxygens (including phenoxy) is 1. The van der Waals surface area contributed by atoms with Crippen LogP contribution in [0.5, 0.6) is 11.5 Å². The summed E-state index contributed by atoms with van der Waals surface area (Å²) in [5.74, 6) is 2.05. The van der Waals surface area contributed by atoms with Crippen LogP contribution >= 0.6 is 0 Å². The summed E-state index contributed by atoms with van der Waals surface area (Å²) in [4.78, 5) is 9.42. The molecule has 0 bridgehead atoms. The van der Waals surface area contributed by atoms with Crippen LogP contribution in [0.4, 0.5) is 0 Å². The standard InChI is InChI=1S/C35H27N5O/c1-21-12-13-37-34(14-21)40-31-11-6-5-10-28(31)35-25(19-36)16-27(17-32(35)40)41-26-9-7-8-24(15-26)30-18-29-22(2)23(3)39(4)33(29)20-38-30/h5-18,20H,1-4H3. The summed E-state index contributed by atoms with van der Waals surface area (Å²) in [5.41, 5.74) is 8.98. The molecule has 0 fully saturated rings. The van der Waals surface area contributed by atoms with E-state index in [1.807, 2.05) is 73.9 Å². The maximum Gasteiger partial charge on any atom is 0.137 e. The Morgan fingerprint density at radius 1 is 0.780 bits per heavy atom. The number of hydrogen-bond donors (Lipinski definition) is 0. The average molecular weight is 534 g/mol. The van der Waals surface area contributed by atoms with E-state index in [2.05, 4.69) is 65.3 Å². The van der Waals surface area contributed by atoms with Gasteiger partial charge in [-0.05, 0) is 74.4 Å².